The summed E-state index contributed by atoms with van der Waals surface area (Å²) in [6.45, 7) is 7.57. The maximum atomic E-state index is 12.1. The van der Waals surface area contributed by atoms with Crippen molar-refractivity contribution in [3.8, 4) is 5.75 Å². The molecule has 1 atom stereocenters. The Balaban J connectivity index is 2.36. The summed E-state index contributed by atoms with van der Waals surface area (Å²) in [5.74, 6) is 0.739. The zero-order valence-corrected chi connectivity index (χ0v) is 18.2. The van der Waals surface area contributed by atoms with Crippen LogP contribution >= 0.6 is 7.60 Å². The van der Waals surface area contributed by atoms with Gasteiger partial charge in [-0.2, -0.15) is 0 Å². The molecule has 150 valence electrons. The summed E-state index contributed by atoms with van der Waals surface area (Å²) >= 11 is 0. The minimum absolute atomic E-state index is 0.0686. The summed E-state index contributed by atoms with van der Waals surface area (Å²) in [7, 11) is -0.119. The number of fused-ring (bicyclic) bond motifs is 1. The van der Waals surface area contributed by atoms with E-state index in [0.717, 1.165) is 42.6 Å². The zero-order valence-electron chi connectivity index (χ0n) is 17.3. The van der Waals surface area contributed by atoms with Crippen molar-refractivity contribution in [2.75, 3.05) is 27.5 Å². The van der Waals surface area contributed by atoms with Crippen molar-refractivity contribution in [1.82, 2.24) is 0 Å². The molecular weight excluding hydrogens is 363 g/mol. The van der Waals surface area contributed by atoms with Gasteiger partial charge in [-0.15, -0.1) is 0 Å². The topological polar surface area (TPSA) is 61.8 Å². The third-order valence-corrected chi connectivity index (χ3v) is 6.13. The van der Waals surface area contributed by atoms with Crippen LogP contribution in [0.15, 0.2) is 12.1 Å². The van der Waals surface area contributed by atoms with E-state index < -0.39 is 7.60 Å². The number of rotatable bonds is 7. The van der Waals surface area contributed by atoms with Crippen LogP contribution in [0.25, 0.3) is 6.08 Å². The largest absolute Gasteiger partial charge is 0.496 e. The standard InChI is InChI=1S/C21H31O5P/c1-21(2,3)19-13-15(11-12-16(22)14-26-27(6,23)25-5)17-9-7-8-10-18(17)20(19)24-4/h11-13H,7-10,14H2,1-6H3. The number of ether oxygens (including phenoxy) is 1. The smallest absolute Gasteiger partial charge is 0.327 e. The van der Waals surface area contributed by atoms with Gasteiger partial charge in [0, 0.05) is 19.3 Å². The van der Waals surface area contributed by atoms with E-state index in [-0.39, 0.29) is 17.8 Å². The molecule has 1 aliphatic rings. The van der Waals surface area contributed by atoms with Gasteiger partial charge in [0.1, 0.15) is 12.4 Å². The average Bonchev–Trinajstić information content (AvgIpc) is 2.63. The van der Waals surface area contributed by atoms with Crippen LogP contribution in [0.2, 0.25) is 0 Å². The van der Waals surface area contributed by atoms with E-state index >= 15 is 0 Å². The Morgan fingerprint density at radius 1 is 1.19 bits per heavy atom. The molecule has 0 saturated heterocycles. The molecule has 1 unspecified atom stereocenters. The number of carbonyl (C=O) groups is 1. The number of methoxy groups -OCH3 is 1. The number of carbonyl (C=O) groups excluding carboxylic acids is 1. The van der Waals surface area contributed by atoms with Crippen LogP contribution in [0.1, 0.15) is 55.9 Å². The molecule has 0 N–H and O–H groups in total. The summed E-state index contributed by atoms with van der Waals surface area (Å²) in [5, 5.41) is 0. The normalized spacial score (nSPS) is 16.8. The molecule has 0 fully saturated rings. The van der Waals surface area contributed by atoms with Crippen molar-refractivity contribution in [1.29, 1.82) is 0 Å². The summed E-state index contributed by atoms with van der Waals surface area (Å²) in [6, 6.07) is 2.13. The van der Waals surface area contributed by atoms with Crippen molar-refractivity contribution >= 4 is 19.5 Å². The van der Waals surface area contributed by atoms with Gasteiger partial charge in [0.2, 0.25) is 0 Å². The van der Waals surface area contributed by atoms with Crippen LogP contribution in [0, 0.1) is 0 Å². The first-order valence-corrected chi connectivity index (χ1v) is 11.3. The molecule has 0 aromatic heterocycles. The van der Waals surface area contributed by atoms with Gasteiger partial charge in [-0.25, -0.2) is 0 Å². The highest BCUT2D eigenvalue weighted by Gasteiger charge is 2.26. The molecule has 0 radical (unpaired) electrons. The van der Waals surface area contributed by atoms with Crippen molar-refractivity contribution in [3.63, 3.8) is 0 Å². The van der Waals surface area contributed by atoms with Crippen molar-refractivity contribution in [2.24, 2.45) is 0 Å². The van der Waals surface area contributed by atoms with E-state index in [1.54, 1.807) is 7.11 Å². The Kier molecular flexibility index (Phi) is 7.07. The summed E-state index contributed by atoms with van der Waals surface area (Å²) in [5.41, 5.74) is 4.65. The Morgan fingerprint density at radius 3 is 2.37 bits per heavy atom. The van der Waals surface area contributed by atoms with Crippen LogP contribution in [-0.2, 0) is 36.7 Å². The predicted molar refractivity (Wildman–Crippen MR) is 109 cm³/mol. The lowest BCUT2D eigenvalue weighted by Gasteiger charge is -2.29. The SMILES string of the molecule is COc1c(C(C)(C)C)cc(C=CC(=O)COP(C)(=O)OC)c2c1CCCC2. The van der Waals surface area contributed by atoms with Gasteiger partial charge in [0.15, 0.2) is 5.78 Å². The fourth-order valence-corrected chi connectivity index (χ4v) is 3.82. The van der Waals surface area contributed by atoms with Crippen LogP contribution in [0.4, 0.5) is 0 Å². The zero-order chi connectivity index (χ0) is 20.2. The summed E-state index contributed by atoms with van der Waals surface area (Å²) in [4.78, 5) is 12.1. The van der Waals surface area contributed by atoms with E-state index in [0.29, 0.717) is 0 Å². The van der Waals surface area contributed by atoms with E-state index in [1.807, 2.05) is 6.08 Å². The third-order valence-electron chi connectivity index (χ3n) is 4.87. The minimum atomic E-state index is -3.15. The Morgan fingerprint density at radius 2 is 1.81 bits per heavy atom. The second-order valence-electron chi connectivity index (χ2n) is 7.99. The highest BCUT2D eigenvalue weighted by Crippen LogP contribution is 2.43. The van der Waals surface area contributed by atoms with Crippen molar-refractivity contribution in [3.05, 3.63) is 34.4 Å². The van der Waals surface area contributed by atoms with Crippen LogP contribution in [0.3, 0.4) is 0 Å². The molecule has 0 aliphatic heterocycles. The number of hydrogen-bond acceptors (Lipinski definition) is 5. The van der Waals surface area contributed by atoms with Gasteiger partial charge in [-0.05, 0) is 59.9 Å². The molecule has 0 amide bonds. The lowest BCUT2D eigenvalue weighted by atomic mass is 9.78. The predicted octanol–water partition coefficient (Wildman–Crippen LogP) is 4.94. The quantitative estimate of drug-likeness (QED) is 0.484. The number of benzene rings is 1. The van der Waals surface area contributed by atoms with E-state index in [1.165, 1.54) is 31.0 Å². The molecule has 1 aromatic rings. The Hall–Kier alpha value is -1.42. The fourth-order valence-electron chi connectivity index (χ4n) is 3.35. The third kappa shape index (κ3) is 5.54. The number of ketones is 1. The number of hydrogen-bond donors (Lipinski definition) is 0. The summed E-state index contributed by atoms with van der Waals surface area (Å²) < 4.78 is 27.3. The molecule has 6 heteroatoms. The van der Waals surface area contributed by atoms with Crippen molar-refractivity contribution in [2.45, 2.75) is 51.9 Å². The van der Waals surface area contributed by atoms with Gasteiger partial charge in [0.25, 0.3) is 0 Å². The van der Waals surface area contributed by atoms with Crippen LogP contribution < -0.4 is 4.74 Å². The molecule has 0 saturated carbocycles. The van der Waals surface area contributed by atoms with Gasteiger partial charge < -0.3 is 13.8 Å². The minimum Gasteiger partial charge on any atom is -0.496 e. The molecular formula is C21H31O5P. The molecule has 2 rings (SSSR count). The highest BCUT2D eigenvalue weighted by atomic mass is 31.2. The molecule has 1 aliphatic carbocycles. The Labute approximate surface area is 162 Å². The summed E-state index contributed by atoms with van der Waals surface area (Å²) in [6.07, 6.45) is 7.60. The Bertz CT molecular complexity index is 774. The second kappa shape index (κ2) is 8.72. The average molecular weight is 394 g/mol. The molecule has 5 nitrogen and oxygen atoms in total. The molecule has 27 heavy (non-hydrogen) atoms. The van der Waals surface area contributed by atoms with E-state index in [9.17, 15) is 9.36 Å². The lowest BCUT2D eigenvalue weighted by Crippen LogP contribution is -2.17. The first kappa shape index (κ1) is 21.9. The maximum absolute atomic E-state index is 12.1. The van der Waals surface area contributed by atoms with Gasteiger partial charge in [-0.3, -0.25) is 9.36 Å². The lowest BCUT2D eigenvalue weighted by molar-refractivity contribution is -0.116. The molecule has 0 bridgehead atoms. The van der Waals surface area contributed by atoms with E-state index in [4.69, 9.17) is 13.8 Å². The molecule has 0 heterocycles. The first-order valence-electron chi connectivity index (χ1n) is 9.31. The van der Waals surface area contributed by atoms with Crippen LogP contribution in [0.5, 0.6) is 5.75 Å². The van der Waals surface area contributed by atoms with E-state index in [2.05, 4.69) is 26.8 Å². The second-order valence-corrected chi connectivity index (χ2v) is 10.2. The molecule has 1 aromatic carbocycles. The first-order chi connectivity index (χ1) is 12.6. The van der Waals surface area contributed by atoms with Crippen LogP contribution in [-0.4, -0.2) is 33.3 Å². The monoisotopic (exact) mass is 394 g/mol. The molecule has 0 spiro atoms. The maximum Gasteiger partial charge on any atom is 0.327 e. The fraction of sp³-hybridized carbons (Fsp3) is 0.571. The highest BCUT2D eigenvalue weighted by molar-refractivity contribution is 7.52. The van der Waals surface area contributed by atoms with Gasteiger partial charge in [0.05, 0.1) is 7.11 Å². The van der Waals surface area contributed by atoms with Gasteiger partial charge in [-0.1, -0.05) is 26.8 Å². The van der Waals surface area contributed by atoms with Gasteiger partial charge >= 0.3 is 7.60 Å². The van der Waals surface area contributed by atoms with Crippen molar-refractivity contribution < 1.29 is 23.1 Å².